The van der Waals surface area contributed by atoms with Gasteiger partial charge in [-0.2, -0.15) is 4.31 Å². The van der Waals surface area contributed by atoms with Crippen LogP contribution in [0.5, 0.6) is 0 Å². The molecule has 8 heteroatoms. The molecule has 1 atom stereocenters. The highest BCUT2D eigenvalue weighted by atomic mass is 32.2. The Morgan fingerprint density at radius 2 is 2.04 bits per heavy atom. The first-order valence-corrected chi connectivity index (χ1v) is 10.4. The van der Waals surface area contributed by atoms with Crippen molar-refractivity contribution < 1.29 is 22.7 Å². The molecule has 0 spiro atoms. The van der Waals surface area contributed by atoms with Crippen molar-refractivity contribution in [3.05, 3.63) is 23.8 Å². The summed E-state index contributed by atoms with van der Waals surface area (Å²) in [6.45, 7) is 4.65. The van der Waals surface area contributed by atoms with Gasteiger partial charge in [-0.1, -0.05) is 0 Å². The Labute approximate surface area is 154 Å². The maximum atomic E-state index is 13.0. The van der Waals surface area contributed by atoms with Crippen molar-refractivity contribution in [3.63, 3.8) is 0 Å². The van der Waals surface area contributed by atoms with E-state index in [0.717, 1.165) is 11.3 Å². The summed E-state index contributed by atoms with van der Waals surface area (Å²) in [4.78, 5) is 25.5. The van der Waals surface area contributed by atoms with Gasteiger partial charge in [0.25, 0.3) is 0 Å². The van der Waals surface area contributed by atoms with Gasteiger partial charge in [0.05, 0.1) is 17.4 Å². The SMILES string of the molecule is CCOC(=O)[C@H]1CCCN(S(=O)(=O)c2ccc3c(c2)CCN3C(C)=O)C1. The molecule has 26 heavy (non-hydrogen) atoms. The van der Waals surface area contributed by atoms with Gasteiger partial charge >= 0.3 is 5.97 Å². The molecule has 0 unspecified atom stereocenters. The topological polar surface area (TPSA) is 84.0 Å². The summed E-state index contributed by atoms with van der Waals surface area (Å²) < 4.78 is 32.5. The number of amides is 1. The molecule has 1 amide bonds. The fourth-order valence-corrected chi connectivity index (χ4v) is 5.20. The molecular formula is C18H24N2O5S. The summed E-state index contributed by atoms with van der Waals surface area (Å²) in [6.07, 6.45) is 1.91. The Kier molecular flexibility index (Phi) is 5.34. The van der Waals surface area contributed by atoms with E-state index in [2.05, 4.69) is 0 Å². The lowest BCUT2D eigenvalue weighted by atomic mass is 10.0. The highest BCUT2D eigenvalue weighted by Gasteiger charge is 2.35. The van der Waals surface area contributed by atoms with E-state index < -0.39 is 15.9 Å². The lowest BCUT2D eigenvalue weighted by molar-refractivity contribution is -0.149. The van der Waals surface area contributed by atoms with Crippen molar-refractivity contribution in [1.29, 1.82) is 0 Å². The average Bonchev–Trinajstić information content (AvgIpc) is 3.05. The molecule has 142 valence electrons. The number of carbonyl (C=O) groups is 2. The quantitative estimate of drug-likeness (QED) is 0.740. The number of hydrogen-bond donors (Lipinski definition) is 0. The largest absolute Gasteiger partial charge is 0.466 e. The van der Waals surface area contributed by atoms with Crippen LogP contribution in [0.1, 0.15) is 32.3 Å². The van der Waals surface area contributed by atoms with Crippen LogP contribution in [0.15, 0.2) is 23.1 Å². The van der Waals surface area contributed by atoms with Gasteiger partial charge in [-0.25, -0.2) is 8.42 Å². The van der Waals surface area contributed by atoms with Crippen molar-refractivity contribution in [2.75, 3.05) is 31.1 Å². The van der Waals surface area contributed by atoms with Crippen LogP contribution in [0, 0.1) is 5.92 Å². The first kappa shape index (κ1) is 18.8. The van der Waals surface area contributed by atoms with E-state index in [-0.39, 0.29) is 23.3 Å². The third-order valence-electron chi connectivity index (χ3n) is 4.97. The van der Waals surface area contributed by atoms with E-state index in [1.54, 1.807) is 30.0 Å². The first-order valence-electron chi connectivity index (χ1n) is 8.92. The fraction of sp³-hybridized carbons (Fsp3) is 0.556. The number of ether oxygens (including phenoxy) is 1. The molecule has 1 aromatic carbocycles. The summed E-state index contributed by atoms with van der Waals surface area (Å²) in [5, 5.41) is 0. The van der Waals surface area contributed by atoms with Crippen LogP contribution in [0.25, 0.3) is 0 Å². The van der Waals surface area contributed by atoms with Gasteiger partial charge < -0.3 is 9.64 Å². The maximum Gasteiger partial charge on any atom is 0.310 e. The highest BCUT2D eigenvalue weighted by Crippen LogP contribution is 2.32. The molecule has 1 saturated heterocycles. The lowest BCUT2D eigenvalue weighted by Gasteiger charge is -2.30. The van der Waals surface area contributed by atoms with E-state index in [9.17, 15) is 18.0 Å². The van der Waals surface area contributed by atoms with Crippen molar-refractivity contribution in [2.24, 2.45) is 5.92 Å². The number of rotatable bonds is 4. The van der Waals surface area contributed by atoms with Gasteiger partial charge in [-0.3, -0.25) is 9.59 Å². The Balaban J connectivity index is 1.82. The molecule has 2 heterocycles. The van der Waals surface area contributed by atoms with Gasteiger partial charge in [0.2, 0.25) is 15.9 Å². The van der Waals surface area contributed by atoms with E-state index in [1.807, 2.05) is 0 Å². The zero-order chi connectivity index (χ0) is 18.9. The molecule has 0 aliphatic carbocycles. The minimum Gasteiger partial charge on any atom is -0.466 e. The van der Waals surface area contributed by atoms with Crippen LogP contribution in [-0.2, 0) is 30.8 Å². The van der Waals surface area contributed by atoms with Crippen molar-refractivity contribution in [1.82, 2.24) is 4.31 Å². The smallest absolute Gasteiger partial charge is 0.310 e. The standard InChI is InChI=1S/C18H24N2O5S/c1-3-25-18(22)15-5-4-9-19(12-15)26(23,24)16-6-7-17-14(11-16)8-10-20(17)13(2)21/h6-7,11,15H,3-5,8-10,12H2,1-2H3/t15-/m0/s1. The second-order valence-corrected chi connectivity index (χ2v) is 8.60. The summed E-state index contributed by atoms with van der Waals surface area (Å²) in [5.74, 6) is -0.799. The van der Waals surface area contributed by atoms with Gasteiger partial charge in [-0.15, -0.1) is 0 Å². The number of esters is 1. The summed E-state index contributed by atoms with van der Waals surface area (Å²) in [5.41, 5.74) is 1.64. The molecule has 3 rings (SSSR count). The number of nitrogens with zero attached hydrogens (tertiary/aromatic N) is 2. The molecule has 0 bridgehead atoms. The zero-order valence-corrected chi connectivity index (χ0v) is 15.9. The Hall–Kier alpha value is -1.93. The Morgan fingerprint density at radius 3 is 2.73 bits per heavy atom. The third-order valence-corrected chi connectivity index (χ3v) is 6.83. The normalized spacial score (nSPS) is 20.7. The zero-order valence-electron chi connectivity index (χ0n) is 15.1. The number of carbonyl (C=O) groups excluding carboxylic acids is 2. The first-order chi connectivity index (χ1) is 12.3. The average molecular weight is 380 g/mol. The predicted octanol–water partition coefficient (Wildman–Crippen LogP) is 1.56. The summed E-state index contributed by atoms with van der Waals surface area (Å²) in [6, 6.07) is 4.90. The molecule has 0 saturated carbocycles. The van der Waals surface area contributed by atoms with Crippen molar-refractivity contribution >= 4 is 27.6 Å². The molecule has 1 aromatic rings. The molecule has 2 aliphatic heterocycles. The number of sulfonamides is 1. The Morgan fingerprint density at radius 1 is 1.27 bits per heavy atom. The minimum atomic E-state index is -3.68. The van der Waals surface area contributed by atoms with Crippen LogP contribution in [0.3, 0.4) is 0 Å². The van der Waals surface area contributed by atoms with E-state index in [1.165, 1.54) is 11.2 Å². The van der Waals surface area contributed by atoms with Gasteiger partial charge in [-0.05, 0) is 49.9 Å². The number of fused-ring (bicyclic) bond motifs is 1. The molecular weight excluding hydrogens is 356 g/mol. The van der Waals surface area contributed by atoms with Crippen LogP contribution in [-0.4, -0.2) is 50.8 Å². The summed E-state index contributed by atoms with van der Waals surface area (Å²) >= 11 is 0. The van der Waals surface area contributed by atoms with E-state index >= 15 is 0 Å². The molecule has 0 radical (unpaired) electrons. The molecule has 1 fully saturated rings. The van der Waals surface area contributed by atoms with Crippen LogP contribution >= 0.6 is 0 Å². The van der Waals surface area contributed by atoms with E-state index in [4.69, 9.17) is 4.74 Å². The van der Waals surface area contributed by atoms with Crippen LogP contribution in [0.2, 0.25) is 0 Å². The summed E-state index contributed by atoms with van der Waals surface area (Å²) in [7, 11) is -3.68. The fourth-order valence-electron chi connectivity index (χ4n) is 3.63. The Bertz CT molecular complexity index is 821. The van der Waals surface area contributed by atoms with Gasteiger partial charge in [0.15, 0.2) is 0 Å². The second-order valence-electron chi connectivity index (χ2n) is 6.67. The lowest BCUT2D eigenvalue weighted by Crippen LogP contribution is -2.42. The third kappa shape index (κ3) is 3.48. The molecule has 7 nitrogen and oxygen atoms in total. The number of hydrogen-bond acceptors (Lipinski definition) is 5. The predicted molar refractivity (Wildman–Crippen MR) is 96.3 cm³/mol. The number of benzene rings is 1. The monoisotopic (exact) mass is 380 g/mol. The highest BCUT2D eigenvalue weighted by molar-refractivity contribution is 7.89. The minimum absolute atomic E-state index is 0.0485. The van der Waals surface area contributed by atoms with Crippen LogP contribution in [0.4, 0.5) is 5.69 Å². The number of anilines is 1. The molecule has 0 N–H and O–H groups in total. The van der Waals surface area contributed by atoms with Crippen molar-refractivity contribution in [2.45, 2.75) is 38.0 Å². The van der Waals surface area contributed by atoms with E-state index in [0.29, 0.717) is 39.0 Å². The molecule has 0 aromatic heterocycles. The van der Waals surface area contributed by atoms with Gasteiger partial charge in [0.1, 0.15) is 0 Å². The van der Waals surface area contributed by atoms with Crippen LogP contribution < -0.4 is 4.90 Å². The van der Waals surface area contributed by atoms with Gasteiger partial charge in [0, 0.05) is 32.2 Å². The molecule has 2 aliphatic rings. The maximum absolute atomic E-state index is 13.0. The van der Waals surface area contributed by atoms with Crippen molar-refractivity contribution in [3.8, 4) is 0 Å². The second kappa shape index (κ2) is 7.36. The number of piperidine rings is 1.